The fraction of sp³-hybridized carbons (Fsp3) is 0.286. The summed E-state index contributed by atoms with van der Waals surface area (Å²) in [5.74, 6) is -0.382. The highest BCUT2D eigenvalue weighted by atomic mass is 32.2. The summed E-state index contributed by atoms with van der Waals surface area (Å²) in [6.07, 6.45) is 1.81. The third kappa shape index (κ3) is 7.80. The summed E-state index contributed by atoms with van der Waals surface area (Å²) < 4.78 is 44.6. The highest BCUT2D eigenvalue weighted by molar-refractivity contribution is 7.89. The summed E-state index contributed by atoms with van der Waals surface area (Å²) in [7, 11) is -1.25. The molecule has 0 unspecified atom stereocenters. The highest BCUT2D eigenvalue weighted by Gasteiger charge is 2.27. The number of methoxy groups -OCH3 is 2. The number of esters is 1. The first-order valence-electron chi connectivity index (χ1n) is 12.1. The first-order chi connectivity index (χ1) is 18.3. The van der Waals surface area contributed by atoms with Crippen LogP contribution in [0.5, 0.6) is 11.5 Å². The Kier molecular flexibility index (Phi) is 10.3. The van der Waals surface area contributed by atoms with Crippen molar-refractivity contribution >= 4 is 27.6 Å². The molecule has 0 radical (unpaired) electrons. The van der Waals surface area contributed by atoms with E-state index in [1.54, 1.807) is 24.3 Å². The van der Waals surface area contributed by atoms with Crippen LogP contribution in [-0.2, 0) is 26.0 Å². The van der Waals surface area contributed by atoms with Crippen LogP contribution in [0.25, 0.3) is 0 Å². The van der Waals surface area contributed by atoms with Gasteiger partial charge in [0.05, 0.1) is 31.3 Å². The minimum Gasteiger partial charge on any atom is -0.493 e. The van der Waals surface area contributed by atoms with Crippen molar-refractivity contribution < 1.29 is 32.2 Å². The summed E-state index contributed by atoms with van der Waals surface area (Å²) >= 11 is 0. The molecule has 0 saturated heterocycles. The van der Waals surface area contributed by atoms with E-state index in [0.29, 0.717) is 23.6 Å². The van der Waals surface area contributed by atoms with Crippen LogP contribution in [0.15, 0.2) is 77.7 Å². The number of amides is 1. The highest BCUT2D eigenvalue weighted by Crippen LogP contribution is 2.29. The maximum absolute atomic E-state index is 13.3. The van der Waals surface area contributed by atoms with Crippen molar-refractivity contribution in [2.45, 2.75) is 37.1 Å². The molecule has 10 heteroatoms. The Labute approximate surface area is 223 Å². The van der Waals surface area contributed by atoms with Gasteiger partial charge in [-0.1, -0.05) is 43.7 Å². The predicted octanol–water partition coefficient (Wildman–Crippen LogP) is 4.19. The Morgan fingerprint density at radius 1 is 0.895 bits per heavy atom. The monoisotopic (exact) mass is 540 g/mol. The number of anilines is 1. The minimum absolute atomic E-state index is 0.0769. The lowest BCUT2D eigenvalue weighted by molar-refractivity contribution is -0.117. The van der Waals surface area contributed by atoms with Gasteiger partial charge in [0.2, 0.25) is 15.9 Å². The molecule has 0 aliphatic heterocycles. The van der Waals surface area contributed by atoms with Crippen molar-refractivity contribution in [1.29, 1.82) is 0 Å². The van der Waals surface area contributed by atoms with E-state index in [0.717, 1.165) is 18.4 Å². The van der Waals surface area contributed by atoms with Crippen molar-refractivity contribution in [3.63, 3.8) is 0 Å². The van der Waals surface area contributed by atoms with Crippen LogP contribution in [0.3, 0.4) is 0 Å². The van der Waals surface area contributed by atoms with Crippen molar-refractivity contribution in [3.05, 3.63) is 83.9 Å². The first-order valence-corrected chi connectivity index (χ1v) is 13.6. The second-order valence-corrected chi connectivity index (χ2v) is 10.2. The molecular weight excluding hydrogens is 508 g/mol. The zero-order chi connectivity index (χ0) is 27.5. The van der Waals surface area contributed by atoms with E-state index in [-0.39, 0.29) is 17.1 Å². The fourth-order valence-electron chi connectivity index (χ4n) is 3.59. The van der Waals surface area contributed by atoms with Gasteiger partial charge in [-0.2, -0.15) is 4.72 Å². The maximum atomic E-state index is 13.3. The molecule has 0 aliphatic carbocycles. The van der Waals surface area contributed by atoms with E-state index in [1.807, 2.05) is 37.3 Å². The van der Waals surface area contributed by atoms with E-state index >= 15 is 0 Å². The number of hydrogen-bond acceptors (Lipinski definition) is 7. The molecule has 0 aromatic heterocycles. The standard InChI is InChI=1S/C28H32N2O7S/c1-4-5-17-37-28(32)21-11-13-22(14-12-21)29-27(31)24(18-20-9-7-6-8-10-20)30-38(33,34)23-15-16-25(35-2)26(19-23)36-3/h6-16,19,24,30H,4-5,17-18H2,1-3H3,(H,29,31)/t24-/m1/s1. The average molecular weight is 541 g/mol. The molecule has 3 rings (SSSR count). The van der Waals surface area contributed by atoms with Gasteiger partial charge in [0.1, 0.15) is 6.04 Å². The second kappa shape index (κ2) is 13.6. The van der Waals surface area contributed by atoms with Gasteiger partial charge in [-0.15, -0.1) is 0 Å². The molecule has 3 aromatic carbocycles. The van der Waals surface area contributed by atoms with Gasteiger partial charge in [0.25, 0.3) is 0 Å². The minimum atomic E-state index is -4.11. The Bertz CT molecular complexity index is 1330. The van der Waals surface area contributed by atoms with E-state index in [4.69, 9.17) is 14.2 Å². The zero-order valence-corrected chi connectivity index (χ0v) is 22.4. The molecule has 0 saturated carbocycles. The number of carbonyl (C=O) groups is 2. The number of rotatable bonds is 13. The lowest BCUT2D eigenvalue weighted by atomic mass is 10.1. The quantitative estimate of drug-likeness (QED) is 0.246. The van der Waals surface area contributed by atoms with Gasteiger partial charge in [0, 0.05) is 11.8 Å². The van der Waals surface area contributed by atoms with Crippen LogP contribution >= 0.6 is 0 Å². The van der Waals surface area contributed by atoms with E-state index in [9.17, 15) is 18.0 Å². The number of hydrogen-bond donors (Lipinski definition) is 2. The number of unbranched alkanes of at least 4 members (excludes halogenated alkanes) is 1. The maximum Gasteiger partial charge on any atom is 0.338 e. The van der Waals surface area contributed by atoms with Crippen molar-refractivity contribution in [1.82, 2.24) is 4.72 Å². The van der Waals surface area contributed by atoms with Crippen LogP contribution in [0.2, 0.25) is 0 Å². The van der Waals surface area contributed by atoms with E-state index < -0.39 is 27.9 Å². The summed E-state index contributed by atoms with van der Waals surface area (Å²) in [4.78, 5) is 25.3. The van der Waals surface area contributed by atoms with Crippen LogP contribution in [0, 0.1) is 0 Å². The molecule has 0 bridgehead atoms. The van der Waals surface area contributed by atoms with E-state index in [2.05, 4.69) is 10.0 Å². The summed E-state index contributed by atoms with van der Waals surface area (Å²) in [5.41, 5.74) is 1.53. The average Bonchev–Trinajstić information content (AvgIpc) is 2.93. The lowest BCUT2D eigenvalue weighted by Gasteiger charge is -2.19. The van der Waals surface area contributed by atoms with Gasteiger partial charge < -0.3 is 19.5 Å². The number of benzene rings is 3. The molecule has 2 N–H and O–H groups in total. The molecule has 38 heavy (non-hydrogen) atoms. The Morgan fingerprint density at radius 3 is 2.21 bits per heavy atom. The smallest absolute Gasteiger partial charge is 0.338 e. The van der Waals surface area contributed by atoms with Crippen molar-refractivity contribution in [3.8, 4) is 11.5 Å². The SMILES string of the molecule is CCCCOC(=O)c1ccc(NC(=O)[C@@H](Cc2ccccc2)NS(=O)(=O)c2ccc(OC)c(OC)c2)cc1. The van der Waals surface area contributed by atoms with Gasteiger partial charge in [-0.25, -0.2) is 13.2 Å². The summed E-state index contributed by atoms with van der Waals surface area (Å²) in [6.45, 7) is 2.35. The normalized spacial score (nSPS) is 11.9. The number of nitrogens with one attached hydrogen (secondary N) is 2. The zero-order valence-electron chi connectivity index (χ0n) is 21.6. The fourth-order valence-corrected chi connectivity index (χ4v) is 4.80. The van der Waals surface area contributed by atoms with Crippen LogP contribution in [0.1, 0.15) is 35.7 Å². The number of ether oxygens (including phenoxy) is 3. The second-order valence-electron chi connectivity index (χ2n) is 8.44. The molecule has 9 nitrogen and oxygen atoms in total. The molecule has 3 aromatic rings. The van der Waals surface area contributed by atoms with Crippen LogP contribution in [0.4, 0.5) is 5.69 Å². The third-order valence-electron chi connectivity index (χ3n) is 5.68. The molecule has 1 amide bonds. The van der Waals surface area contributed by atoms with E-state index in [1.165, 1.54) is 32.4 Å². The van der Waals surface area contributed by atoms with Gasteiger partial charge in [0.15, 0.2) is 11.5 Å². The van der Waals surface area contributed by atoms with Gasteiger partial charge >= 0.3 is 5.97 Å². The molecular formula is C28H32N2O7S. The number of carbonyl (C=O) groups excluding carboxylic acids is 2. The van der Waals surface area contributed by atoms with Gasteiger partial charge in [-0.3, -0.25) is 4.79 Å². The molecule has 202 valence electrons. The van der Waals surface area contributed by atoms with Crippen molar-refractivity contribution in [2.24, 2.45) is 0 Å². The van der Waals surface area contributed by atoms with Crippen LogP contribution in [-0.4, -0.2) is 47.2 Å². The predicted molar refractivity (Wildman–Crippen MR) is 144 cm³/mol. The topological polar surface area (TPSA) is 120 Å². The molecule has 0 spiro atoms. The summed E-state index contributed by atoms with van der Waals surface area (Å²) in [6, 6.07) is 18.4. The molecule has 0 fully saturated rings. The Hall–Kier alpha value is -3.89. The lowest BCUT2D eigenvalue weighted by Crippen LogP contribution is -2.45. The largest absolute Gasteiger partial charge is 0.493 e. The molecule has 0 aliphatic rings. The Balaban J connectivity index is 1.80. The number of sulfonamides is 1. The van der Waals surface area contributed by atoms with Crippen molar-refractivity contribution in [2.75, 3.05) is 26.1 Å². The third-order valence-corrected chi connectivity index (χ3v) is 7.15. The Morgan fingerprint density at radius 2 is 1.58 bits per heavy atom. The molecule has 0 heterocycles. The first kappa shape index (κ1) is 28.7. The summed E-state index contributed by atoms with van der Waals surface area (Å²) in [5, 5.41) is 2.73. The van der Waals surface area contributed by atoms with Gasteiger partial charge in [-0.05, 0) is 54.8 Å². The van der Waals surface area contributed by atoms with Crippen LogP contribution < -0.4 is 19.5 Å². The molecule has 1 atom stereocenters.